The molecule has 0 aliphatic heterocycles. The number of fused-ring (bicyclic) bond motifs is 1. The van der Waals surface area contributed by atoms with Crippen molar-refractivity contribution < 1.29 is 21.6 Å². The van der Waals surface area contributed by atoms with Gasteiger partial charge in [-0.3, -0.25) is 4.98 Å². The predicted molar refractivity (Wildman–Crippen MR) is 128 cm³/mol. The van der Waals surface area contributed by atoms with Crippen LogP contribution in [-0.2, 0) is 29.2 Å². The SMILES string of the molecule is CNCc1cn(S(=O)(=O)c2cccnc2)c2cc(Cc3ccc(C(F)(F)F)cc3Cl)ccc12.Cl. The fourth-order valence-electron chi connectivity index (χ4n) is 3.65. The molecule has 0 atom stereocenters. The molecule has 2 aromatic carbocycles. The molecule has 5 nitrogen and oxygen atoms in total. The number of nitrogens with zero attached hydrogens (tertiary/aromatic N) is 2. The van der Waals surface area contributed by atoms with E-state index >= 15 is 0 Å². The second-order valence-corrected chi connectivity index (χ2v) is 9.73. The van der Waals surface area contributed by atoms with Gasteiger partial charge < -0.3 is 5.32 Å². The van der Waals surface area contributed by atoms with Gasteiger partial charge in [0.05, 0.1) is 11.1 Å². The van der Waals surface area contributed by atoms with Crippen LogP contribution in [0, 0.1) is 0 Å². The van der Waals surface area contributed by atoms with Crippen molar-refractivity contribution in [2.45, 2.75) is 24.0 Å². The number of benzene rings is 2. The van der Waals surface area contributed by atoms with Crippen LogP contribution in [0.25, 0.3) is 10.9 Å². The number of hydrogen-bond donors (Lipinski definition) is 1. The first kappa shape index (κ1) is 26.0. The molecule has 34 heavy (non-hydrogen) atoms. The van der Waals surface area contributed by atoms with Crippen molar-refractivity contribution in [3.8, 4) is 0 Å². The van der Waals surface area contributed by atoms with Gasteiger partial charge in [0, 0.05) is 35.5 Å². The standard InChI is InChI=1S/C23H19ClF3N3O2S.ClH/c1-28-12-17-14-30(33(31,32)19-3-2-8-29-13-19)22-10-15(4-7-20(17)22)9-16-5-6-18(11-21(16)24)23(25,26)27;/h2-8,10-11,13-14,28H,9,12H2,1H3;1H. The Morgan fingerprint density at radius 1 is 1.09 bits per heavy atom. The molecule has 11 heteroatoms. The van der Waals surface area contributed by atoms with Crippen LogP contribution in [0.4, 0.5) is 13.2 Å². The van der Waals surface area contributed by atoms with Gasteiger partial charge in [-0.15, -0.1) is 12.4 Å². The first-order valence-corrected chi connectivity index (χ1v) is 11.7. The first-order valence-electron chi connectivity index (χ1n) is 9.90. The Morgan fingerprint density at radius 2 is 1.85 bits per heavy atom. The van der Waals surface area contributed by atoms with Crippen LogP contribution >= 0.6 is 24.0 Å². The molecule has 2 heterocycles. The van der Waals surface area contributed by atoms with Crippen molar-refractivity contribution in [1.29, 1.82) is 0 Å². The third-order valence-corrected chi connectivity index (χ3v) is 7.26. The largest absolute Gasteiger partial charge is 0.416 e. The Morgan fingerprint density at radius 3 is 2.47 bits per heavy atom. The smallest absolute Gasteiger partial charge is 0.316 e. The number of aromatic nitrogens is 2. The van der Waals surface area contributed by atoms with Gasteiger partial charge in [-0.25, -0.2) is 12.4 Å². The Bertz CT molecular complexity index is 1420. The molecular weight excluding hydrogens is 510 g/mol. The summed E-state index contributed by atoms with van der Waals surface area (Å²) >= 11 is 6.12. The number of pyridine rings is 1. The Hall–Kier alpha value is -2.59. The monoisotopic (exact) mass is 529 g/mol. The summed E-state index contributed by atoms with van der Waals surface area (Å²) in [4.78, 5) is 3.96. The highest BCUT2D eigenvalue weighted by molar-refractivity contribution is 7.90. The van der Waals surface area contributed by atoms with E-state index in [9.17, 15) is 21.6 Å². The van der Waals surface area contributed by atoms with Gasteiger partial charge in [0.25, 0.3) is 10.0 Å². The lowest BCUT2D eigenvalue weighted by Gasteiger charge is -2.11. The van der Waals surface area contributed by atoms with E-state index in [2.05, 4.69) is 10.3 Å². The zero-order valence-electron chi connectivity index (χ0n) is 17.8. The Balaban J connectivity index is 0.00000324. The summed E-state index contributed by atoms with van der Waals surface area (Å²) < 4.78 is 66.6. The van der Waals surface area contributed by atoms with Gasteiger partial charge >= 0.3 is 6.18 Å². The minimum absolute atomic E-state index is 0. The van der Waals surface area contributed by atoms with E-state index in [0.717, 1.165) is 23.1 Å². The third kappa shape index (κ3) is 5.07. The van der Waals surface area contributed by atoms with Gasteiger partial charge in [0.15, 0.2) is 0 Å². The van der Waals surface area contributed by atoms with Gasteiger partial charge in [-0.1, -0.05) is 29.8 Å². The normalized spacial score (nSPS) is 12.0. The zero-order chi connectivity index (χ0) is 23.8. The van der Waals surface area contributed by atoms with E-state index in [0.29, 0.717) is 23.2 Å². The van der Waals surface area contributed by atoms with Crippen molar-refractivity contribution in [3.05, 3.63) is 94.4 Å². The summed E-state index contributed by atoms with van der Waals surface area (Å²) in [5.41, 5.74) is 1.65. The lowest BCUT2D eigenvalue weighted by Crippen LogP contribution is -2.12. The quantitative estimate of drug-likeness (QED) is 0.349. The van der Waals surface area contributed by atoms with E-state index in [4.69, 9.17) is 11.6 Å². The average molecular weight is 530 g/mol. The molecule has 2 aromatic heterocycles. The topological polar surface area (TPSA) is 64.0 Å². The summed E-state index contributed by atoms with van der Waals surface area (Å²) in [5, 5.41) is 3.78. The van der Waals surface area contributed by atoms with Crippen LogP contribution < -0.4 is 5.32 Å². The predicted octanol–water partition coefficient (Wildman–Crippen LogP) is 5.68. The van der Waals surface area contributed by atoms with E-state index in [1.807, 2.05) is 12.1 Å². The van der Waals surface area contributed by atoms with Crippen molar-refractivity contribution in [2.75, 3.05) is 7.05 Å². The van der Waals surface area contributed by atoms with Gasteiger partial charge in [-0.05, 0) is 60.5 Å². The first-order chi connectivity index (χ1) is 15.6. The van der Waals surface area contributed by atoms with E-state index in [1.54, 1.807) is 25.4 Å². The van der Waals surface area contributed by atoms with Gasteiger partial charge in [0.2, 0.25) is 0 Å². The van der Waals surface area contributed by atoms with Crippen molar-refractivity contribution in [2.24, 2.45) is 0 Å². The Labute approximate surface area is 206 Å². The second kappa shape index (κ2) is 9.95. The minimum Gasteiger partial charge on any atom is -0.316 e. The third-order valence-electron chi connectivity index (χ3n) is 5.25. The highest BCUT2D eigenvalue weighted by Gasteiger charge is 2.31. The minimum atomic E-state index is -4.48. The van der Waals surface area contributed by atoms with Gasteiger partial charge in [0.1, 0.15) is 4.90 Å². The number of hydrogen-bond acceptors (Lipinski definition) is 4. The van der Waals surface area contributed by atoms with Crippen LogP contribution in [-0.4, -0.2) is 24.4 Å². The number of alkyl halides is 3. The molecule has 4 aromatic rings. The molecule has 0 unspecified atom stereocenters. The van der Waals surface area contributed by atoms with Crippen molar-refractivity contribution >= 4 is 44.9 Å². The highest BCUT2D eigenvalue weighted by Crippen LogP contribution is 2.33. The molecule has 0 aliphatic rings. The van der Waals surface area contributed by atoms with Crippen LogP contribution in [0.5, 0.6) is 0 Å². The van der Waals surface area contributed by atoms with E-state index in [-0.39, 0.29) is 28.7 Å². The maximum atomic E-state index is 13.3. The van der Waals surface area contributed by atoms with Crippen LogP contribution in [0.1, 0.15) is 22.3 Å². The maximum absolute atomic E-state index is 13.3. The van der Waals surface area contributed by atoms with E-state index in [1.165, 1.54) is 28.5 Å². The number of rotatable bonds is 6. The molecule has 180 valence electrons. The number of halogens is 5. The molecule has 0 fully saturated rings. The molecule has 0 radical (unpaired) electrons. The molecule has 0 saturated heterocycles. The summed E-state index contributed by atoms with van der Waals surface area (Å²) in [6.07, 6.45) is 0.104. The molecule has 0 saturated carbocycles. The van der Waals surface area contributed by atoms with Crippen molar-refractivity contribution in [1.82, 2.24) is 14.3 Å². The average Bonchev–Trinajstić information content (AvgIpc) is 3.14. The molecule has 1 N–H and O–H groups in total. The number of nitrogens with one attached hydrogen (secondary N) is 1. The molecule has 4 rings (SSSR count). The Kier molecular flexibility index (Phi) is 7.62. The zero-order valence-corrected chi connectivity index (χ0v) is 20.2. The molecule has 0 bridgehead atoms. The molecule has 0 aliphatic carbocycles. The fraction of sp³-hybridized carbons (Fsp3) is 0.174. The fourth-order valence-corrected chi connectivity index (χ4v) is 5.25. The van der Waals surface area contributed by atoms with Crippen LogP contribution in [0.3, 0.4) is 0 Å². The summed E-state index contributed by atoms with van der Waals surface area (Å²) in [5.74, 6) is 0. The van der Waals surface area contributed by atoms with Crippen molar-refractivity contribution in [3.63, 3.8) is 0 Å². The lowest BCUT2D eigenvalue weighted by atomic mass is 10.0. The van der Waals surface area contributed by atoms with Crippen LogP contribution in [0.15, 0.2) is 72.0 Å². The molecular formula is C23H20Cl2F3N3O2S. The maximum Gasteiger partial charge on any atom is 0.416 e. The lowest BCUT2D eigenvalue weighted by molar-refractivity contribution is -0.137. The van der Waals surface area contributed by atoms with E-state index < -0.39 is 21.8 Å². The van der Waals surface area contributed by atoms with Gasteiger partial charge in [-0.2, -0.15) is 13.2 Å². The summed E-state index contributed by atoms with van der Waals surface area (Å²) in [6.45, 7) is 0.455. The molecule has 0 amide bonds. The summed E-state index contributed by atoms with van der Waals surface area (Å²) in [7, 11) is -2.14. The highest BCUT2D eigenvalue weighted by atomic mass is 35.5. The summed E-state index contributed by atoms with van der Waals surface area (Å²) in [6, 6.07) is 11.6. The van der Waals surface area contributed by atoms with Crippen LogP contribution in [0.2, 0.25) is 5.02 Å². The second-order valence-electron chi connectivity index (χ2n) is 7.51. The molecule has 0 spiro atoms.